The van der Waals surface area contributed by atoms with Gasteiger partial charge in [-0.1, -0.05) is 335 Å². The molecule has 9 nitrogen and oxygen atoms in total. The topological polar surface area (TPSA) is 108 Å². The molecule has 0 bridgehead atoms. The maximum atomic E-state index is 12.9. The van der Waals surface area contributed by atoms with E-state index in [0.29, 0.717) is 17.4 Å². The van der Waals surface area contributed by atoms with Gasteiger partial charge in [0.05, 0.1) is 27.7 Å². The first-order chi connectivity index (χ1) is 43.0. The molecule has 0 saturated carbocycles. The summed E-state index contributed by atoms with van der Waals surface area (Å²) in [4.78, 5) is 35.9. The van der Waals surface area contributed by atoms with E-state index >= 15 is 0 Å². The van der Waals surface area contributed by atoms with Crippen molar-refractivity contribution in [1.29, 1.82) is 0 Å². The van der Waals surface area contributed by atoms with Crippen molar-refractivity contribution >= 4 is 19.8 Å². The fourth-order valence-electron chi connectivity index (χ4n) is 10.2. The Balaban J connectivity index is 4.05. The number of hydrogen-bond donors (Lipinski definition) is 1. The summed E-state index contributed by atoms with van der Waals surface area (Å²) in [6.45, 7) is 4.36. The van der Waals surface area contributed by atoms with E-state index in [1.54, 1.807) is 0 Å². The number of hydrogen-bond acceptors (Lipinski definition) is 7. The number of allylic oxidation sites excluding steroid dienone is 18. The highest BCUT2D eigenvalue weighted by Gasteiger charge is 2.27. The standard InChI is InChI=1S/C78H138NO8P/c1-6-8-10-12-14-16-18-20-22-24-26-28-30-32-33-34-35-36-37-38-39-40-41-42-43-44-45-47-49-51-53-55-57-59-61-63-65-67-69-71-78(81)87-76(75-86-88(82,83)85-73-72-79(3,4)5)74-84-77(80)70-68-66-64-62-60-58-56-54-52-50-48-46-31-29-27-25-23-21-19-17-15-13-11-9-7-2/h8,10,14,16,20,22,26,28,32-33,35-36,38-39,41-42,44-45,76H,6-7,9,11-13,15,17-19,21,23-25,27,29-31,34,37,40,43,46-75H2,1-5H3/p+1/b10-8-,16-14-,22-20-,28-26-,33-32-,36-35-,39-38-,42-41-,45-44-. The fourth-order valence-corrected chi connectivity index (χ4v) is 11.0. The Kier molecular flexibility index (Phi) is 65.5. The molecule has 1 N–H and O–H groups in total. The zero-order valence-corrected chi connectivity index (χ0v) is 58.8. The van der Waals surface area contributed by atoms with Gasteiger partial charge in [-0.25, -0.2) is 4.57 Å². The Morgan fingerprint density at radius 3 is 0.966 bits per heavy atom. The summed E-state index contributed by atoms with van der Waals surface area (Å²) in [5, 5.41) is 0. The monoisotopic (exact) mass is 1250 g/mol. The van der Waals surface area contributed by atoms with E-state index in [9.17, 15) is 19.0 Å². The van der Waals surface area contributed by atoms with Crippen molar-refractivity contribution in [3.05, 3.63) is 109 Å². The van der Waals surface area contributed by atoms with Gasteiger partial charge in [0.2, 0.25) is 0 Å². The van der Waals surface area contributed by atoms with Crippen LogP contribution < -0.4 is 0 Å². The third-order valence-electron chi connectivity index (χ3n) is 15.8. The predicted molar refractivity (Wildman–Crippen MR) is 381 cm³/mol. The van der Waals surface area contributed by atoms with E-state index in [0.717, 1.165) is 103 Å². The minimum Gasteiger partial charge on any atom is -0.462 e. The molecule has 0 aromatic carbocycles. The van der Waals surface area contributed by atoms with Crippen LogP contribution in [0.2, 0.25) is 0 Å². The molecule has 0 amide bonds. The lowest BCUT2D eigenvalue weighted by molar-refractivity contribution is -0.870. The maximum Gasteiger partial charge on any atom is 0.472 e. The smallest absolute Gasteiger partial charge is 0.462 e. The summed E-state index contributed by atoms with van der Waals surface area (Å²) in [6, 6.07) is 0. The maximum absolute atomic E-state index is 12.9. The van der Waals surface area contributed by atoms with Crippen LogP contribution in [0.4, 0.5) is 0 Å². The quantitative estimate of drug-likeness (QED) is 0.0211. The second-order valence-corrected chi connectivity index (χ2v) is 27.1. The second kappa shape index (κ2) is 68.0. The number of carbonyl (C=O) groups is 2. The largest absolute Gasteiger partial charge is 0.472 e. The Morgan fingerprint density at radius 2 is 0.648 bits per heavy atom. The molecule has 0 radical (unpaired) electrons. The Bertz CT molecular complexity index is 1850. The molecule has 0 aromatic rings. The molecule has 2 unspecified atom stereocenters. The van der Waals surface area contributed by atoms with Gasteiger partial charge in [0, 0.05) is 12.8 Å². The molecule has 10 heteroatoms. The number of carbonyl (C=O) groups excluding carboxylic acids is 2. The van der Waals surface area contributed by atoms with E-state index in [1.807, 2.05) is 21.1 Å². The van der Waals surface area contributed by atoms with E-state index in [4.69, 9.17) is 18.5 Å². The minimum atomic E-state index is -4.40. The molecule has 0 fully saturated rings. The van der Waals surface area contributed by atoms with Crippen molar-refractivity contribution < 1.29 is 42.1 Å². The summed E-state index contributed by atoms with van der Waals surface area (Å²) < 4.78 is 34.8. The minimum absolute atomic E-state index is 0.0289. The summed E-state index contributed by atoms with van der Waals surface area (Å²) in [7, 11) is 1.48. The van der Waals surface area contributed by atoms with E-state index in [2.05, 4.69) is 123 Å². The summed E-state index contributed by atoms with van der Waals surface area (Å²) >= 11 is 0. The molecule has 0 rings (SSSR count). The van der Waals surface area contributed by atoms with Gasteiger partial charge in [0.15, 0.2) is 6.10 Å². The predicted octanol–water partition coefficient (Wildman–Crippen LogP) is 24.1. The highest BCUT2D eigenvalue weighted by atomic mass is 31.2. The van der Waals surface area contributed by atoms with Gasteiger partial charge in [0.25, 0.3) is 0 Å². The van der Waals surface area contributed by atoms with Gasteiger partial charge >= 0.3 is 19.8 Å². The molecule has 0 spiro atoms. The number of rotatable bonds is 67. The molecule has 88 heavy (non-hydrogen) atoms. The van der Waals surface area contributed by atoms with Gasteiger partial charge in [-0.3, -0.25) is 18.6 Å². The molecular weight excluding hydrogens is 1110 g/mol. The third kappa shape index (κ3) is 71.7. The van der Waals surface area contributed by atoms with Crippen molar-refractivity contribution in [2.45, 2.75) is 328 Å². The van der Waals surface area contributed by atoms with Crippen molar-refractivity contribution in [1.82, 2.24) is 0 Å². The van der Waals surface area contributed by atoms with Gasteiger partial charge in [0.1, 0.15) is 19.8 Å². The van der Waals surface area contributed by atoms with Crippen LogP contribution in [0.5, 0.6) is 0 Å². The van der Waals surface area contributed by atoms with Crippen LogP contribution in [0.1, 0.15) is 322 Å². The van der Waals surface area contributed by atoms with Crippen molar-refractivity contribution in [3.63, 3.8) is 0 Å². The fraction of sp³-hybridized carbons (Fsp3) is 0.744. The number of quaternary nitrogens is 1. The number of phosphoric acid groups is 1. The lowest BCUT2D eigenvalue weighted by Crippen LogP contribution is -2.37. The van der Waals surface area contributed by atoms with Crippen molar-refractivity contribution in [3.8, 4) is 0 Å². The summed E-state index contributed by atoms with van der Waals surface area (Å²) in [6.07, 6.45) is 96.3. The molecule has 0 aliphatic carbocycles. The van der Waals surface area contributed by atoms with Gasteiger partial charge in [-0.15, -0.1) is 0 Å². The molecular formula is C78H139NO8P+. The molecule has 0 aliphatic rings. The Labute approximate surface area is 544 Å². The number of ether oxygens (including phenoxy) is 2. The highest BCUT2D eigenvalue weighted by molar-refractivity contribution is 7.47. The molecule has 0 aliphatic heterocycles. The number of esters is 2. The number of phosphoric ester groups is 1. The number of likely N-dealkylation sites (N-methyl/N-ethyl adjacent to an activating group) is 1. The zero-order valence-electron chi connectivity index (χ0n) is 57.9. The molecule has 0 heterocycles. The molecule has 0 aromatic heterocycles. The second-order valence-electron chi connectivity index (χ2n) is 25.6. The van der Waals surface area contributed by atoms with Crippen LogP contribution in [-0.4, -0.2) is 74.9 Å². The van der Waals surface area contributed by atoms with Gasteiger partial charge in [-0.05, 0) is 83.5 Å². The van der Waals surface area contributed by atoms with Crippen molar-refractivity contribution in [2.24, 2.45) is 0 Å². The molecule has 2 atom stereocenters. The lowest BCUT2D eigenvalue weighted by atomic mass is 10.0. The molecule has 0 saturated heterocycles. The summed E-state index contributed by atoms with van der Waals surface area (Å²) in [5.41, 5.74) is 0. The summed E-state index contributed by atoms with van der Waals surface area (Å²) in [5.74, 6) is -0.791. The normalized spacial score (nSPS) is 13.8. The first kappa shape index (κ1) is 84.7. The first-order valence-electron chi connectivity index (χ1n) is 36.6. The van der Waals surface area contributed by atoms with Gasteiger partial charge < -0.3 is 18.9 Å². The first-order valence-corrected chi connectivity index (χ1v) is 38.1. The van der Waals surface area contributed by atoms with Crippen LogP contribution in [0.15, 0.2) is 109 Å². The third-order valence-corrected chi connectivity index (χ3v) is 16.8. The SMILES string of the molecule is CC/C=C\C/C=C\C/C=C\C/C=C\C/C=C\C/C=C\C/C=C\C/C=C\C/C=C\CCCCCCCCCCCCCC(=O)OC(COC(=O)CCCCCCCCCCCCCCCCCCCCCCCCCCC)COP(=O)(O)OCC[N+](C)(C)C. The van der Waals surface area contributed by atoms with Crippen LogP contribution in [0.3, 0.4) is 0 Å². The average molecular weight is 1250 g/mol. The van der Waals surface area contributed by atoms with Crippen LogP contribution >= 0.6 is 7.82 Å². The lowest BCUT2D eigenvalue weighted by Gasteiger charge is -2.24. The Morgan fingerprint density at radius 1 is 0.364 bits per heavy atom. The number of nitrogens with zero attached hydrogens (tertiary/aromatic N) is 1. The van der Waals surface area contributed by atoms with Crippen LogP contribution in [-0.2, 0) is 32.7 Å². The van der Waals surface area contributed by atoms with E-state index in [-0.39, 0.29) is 32.0 Å². The van der Waals surface area contributed by atoms with Crippen LogP contribution in [0, 0.1) is 0 Å². The average Bonchev–Trinajstić information content (AvgIpc) is 3.68. The van der Waals surface area contributed by atoms with E-state index in [1.165, 1.54) is 186 Å². The highest BCUT2D eigenvalue weighted by Crippen LogP contribution is 2.43. The Hall–Kier alpha value is -3.33. The van der Waals surface area contributed by atoms with Gasteiger partial charge in [-0.2, -0.15) is 0 Å². The van der Waals surface area contributed by atoms with Crippen molar-refractivity contribution in [2.75, 3.05) is 47.5 Å². The van der Waals surface area contributed by atoms with Crippen LogP contribution in [0.25, 0.3) is 0 Å². The van der Waals surface area contributed by atoms with E-state index < -0.39 is 26.5 Å². The molecule has 508 valence electrons. The number of unbranched alkanes of at least 4 members (excludes halogenated alkanes) is 35. The zero-order chi connectivity index (χ0) is 64.1.